The smallest absolute Gasteiger partial charge is 0.326 e. The van der Waals surface area contributed by atoms with Crippen molar-refractivity contribution in [3.05, 3.63) is 0 Å². The normalized spacial score (nSPS) is 14.0. The maximum absolute atomic E-state index is 12.4. The van der Waals surface area contributed by atoms with Crippen molar-refractivity contribution in [2.75, 3.05) is 13.1 Å². The van der Waals surface area contributed by atoms with Crippen LogP contribution < -0.4 is 27.8 Å². The van der Waals surface area contributed by atoms with Crippen LogP contribution in [0.25, 0.3) is 0 Å². The van der Waals surface area contributed by atoms with Gasteiger partial charge in [0.05, 0.1) is 12.5 Å². The van der Waals surface area contributed by atoms with Gasteiger partial charge in [-0.2, -0.15) is 0 Å². The minimum atomic E-state index is -1.60. The van der Waals surface area contributed by atoms with Crippen molar-refractivity contribution in [1.82, 2.24) is 10.6 Å². The molecule has 0 aliphatic rings. The predicted molar refractivity (Wildman–Crippen MR) is 97.5 cm³/mol. The summed E-state index contributed by atoms with van der Waals surface area (Å²) in [5, 5.41) is 22.5. The van der Waals surface area contributed by atoms with Gasteiger partial charge in [0.25, 0.3) is 0 Å². The van der Waals surface area contributed by atoms with E-state index in [4.69, 9.17) is 27.4 Å². The molecule has 2 amide bonds. The predicted octanol–water partition coefficient (Wildman–Crippen LogP) is -1.90. The molecule has 0 aliphatic heterocycles. The third kappa shape index (κ3) is 11.2. The molecular weight excluding hydrogens is 358 g/mol. The molecule has 0 saturated carbocycles. The van der Waals surface area contributed by atoms with E-state index in [1.165, 1.54) is 0 Å². The van der Waals surface area contributed by atoms with Crippen LogP contribution in [-0.4, -0.2) is 65.2 Å². The summed E-state index contributed by atoms with van der Waals surface area (Å²) >= 11 is 0. The van der Waals surface area contributed by atoms with Gasteiger partial charge in [-0.1, -0.05) is 6.42 Å². The third-order valence-electron chi connectivity index (χ3n) is 3.88. The van der Waals surface area contributed by atoms with Crippen LogP contribution in [0.4, 0.5) is 0 Å². The molecule has 0 rings (SSSR count). The third-order valence-corrected chi connectivity index (χ3v) is 3.88. The topological polar surface area (TPSA) is 211 Å². The van der Waals surface area contributed by atoms with Gasteiger partial charge in [0.2, 0.25) is 11.8 Å². The highest BCUT2D eigenvalue weighted by atomic mass is 16.4. The van der Waals surface area contributed by atoms with Crippen LogP contribution in [0, 0.1) is 0 Å². The zero-order valence-electron chi connectivity index (χ0n) is 15.4. The van der Waals surface area contributed by atoms with E-state index in [1.807, 2.05) is 0 Å². The summed E-state index contributed by atoms with van der Waals surface area (Å²) in [6.07, 6.45) is 2.36. The Morgan fingerprint density at radius 2 is 1.30 bits per heavy atom. The molecule has 3 unspecified atom stereocenters. The molecule has 10 N–H and O–H groups in total. The van der Waals surface area contributed by atoms with Gasteiger partial charge in [0, 0.05) is 0 Å². The van der Waals surface area contributed by atoms with Crippen molar-refractivity contribution < 1.29 is 29.4 Å². The number of hydrogen-bond acceptors (Lipinski definition) is 7. The summed E-state index contributed by atoms with van der Waals surface area (Å²) in [6, 6.07) is -3.45. The zero-order valence-corrected chi connectivity index (χ0v) is 15.4. The first kappa shape index (κ1) is 24.8. The zero-order chi connectivity index (χ0) is 20.8. The molecule has 0 saturated heterocycles. The number of carbonyl (C=O) groups excluding carboxylic acids is 2. The quantitative estimate of drug-likeness (QED) is 0.156. The molecule has 0 aliphatic carbocycles. The van der Waals surface area contributed by atoms with Crippen LogP contribution in [0.3, 0.4) is 0 Å². The fourth-order valence-corrected chi connectivity index (χ4v) is 2.33. The van der Waals surface area contributed by atoms with Crippen molar-refractivity contribution in [3.63, 3.8) is 0 Å². The minimum Gasteiger partial charge on any atom is -0.481 e. The highest BCUT2D eigenvalue weighted by Gasteiger charge is 2.28. The van der Waals surface area contributed by atoms with Gasteiger partial charge in [0.15, 0.2) is 0 Å². The number of carboxylic acid groups (broad SMARTS) is 2. The lowest BCUT2D eigenvalue weighted by molar-refractivity contribution is -0.147. The molecule has 0 heterocycles. The van der Waals surface area contributed by atoms with Crippen LogP contribution in [0.2, 0.25) is 0 Å². The van der Waals surface area contributed by atoms with E-state index in [1.54, 1.807) is 0 Å². The van der Waals surface area contributed by atoms with Gasteiger partial charge in [-0.05, 0) is 45.2 Å². The Morgan fingerprint density at radius 3 is 1.78 bits per heavy atom. The molecule has 156 valence electrons. The highest BCUT2D eigenvalue weighted by molar-refractivity contribution is 5.92. The second kappa shape index (κ2) is 13.9. The highest BCUT2D eigenvalue weighted by Crippen LogP contribution is 2.05. The molecule has 0 fully saturated rings. The summed E-state index contributed by atoms with van der Waals surface area (Å²) in [4.78, 5) is 46.4. The van der Waals surface area contributed by atoms with Crippen molar-refractivity contribution in [2.24, 2.45) is 17.2 Å². The molecule has 0 aromatic rings. The van der Waals surface area contributed by atoms with Gasteiger partial charge in [-0.25, -0.2) is 4.79 Å². The average molecular weight is 389 g/mol. The van der Waals surface area contributed by atoms with E-state index in [2.05, 4.69) is 10.6 Å². The van der Waals surface area contributed by atoms with E-state index in [-0.39, 0.29) is 6.42 Å². The lowest BCUT2D eigenvalue weighted by Gasteiger charge is -2.22. The molecule has 0 radical (unpaired) electrons. The van der Waals surface area contributed by atoms with E-state index in [9.17, 15) is 19.2 Å². The molecule has 3 atom stereocenters. The monoisotopic (exact) mass is 389 g/mol. The van der Waals surface area contributed by atoms with E-state index in [0.717, 1.165) is 6.42 Å². The first-order chi connectivity index (χ1) is 12.7. The van der Waals surface area contributed by atoms with E-state index in [0.29, 0.717) is 38.8 Å². The largest absolute Gasteiger partial charge is 0.481 e. The van der Waals surface area contributed by atoms with Crippen molar-refractivity contribution in [3.8, 4) is 0 Å². The van der Waals surface area contributed by atoms with Crippen molar-refractivity contribution >= 4 is 23.8 Å². The summed E-state index contributed by atoms with van der Waals surface area (Å²) in [5.41, 5.74) is 16.6. The summed E-state index contributed by atoms with van der Waals surface area (Å²) in [6.45, 7) is 0.885. The number of amides is 2. The van der Waals surface area contributed by atoms with Crippen molar-refractivity contribution in [1.29, 1.82) is 0 Å². The molecule has 11 nitrogen and oxygen atoms in total. The second-order valence-corrected chi connectivity index (χ2v) is 6.23. The number of nitrogens with one attached hydrogen (secondary N) is 2. The van der Waals surface area contributed by atoms with E-state index >= 15 is 0 Å². The number of nitrogens with two attached hydrogens (primary N) is 3. The number of hydrogen-bond donors (Lipinski definition) is 7. The van der Waals surface area contributed by atoms with Crippen LogP contribution in [-0.2, 0) is 19.2 Å². The fraction of sp³-hybridized carbons (Fsp3) is 0.750. The lowest BCUT2D eigenvalue weighted by Crippen LogP contribution is -2.54. The number of carboxylic acids is 2. The van der Waals surface area contributed by atoms with Crippen LogP contribution >= 0.6 is 0 Å². The van der Waals surface area contributed by atoms with Gasteiger partial charge < -0.3 is 38.0 Å². The Balaban J connectivity index is 4.93. The number of unbranched alkanes of at least 4 members (excludes halogenated alkanes) is 2. The second-order valence-electron chi connectivity index (χ2n) is 6.23. The summed E-state index contributed by atoms with van der Waals surface area (Å²) < 4.78 is 0. The maximum Gasteiger partial charge on any atom is 0.326 e. The first-order valence-corrected chi connectivity index (χ1v) is 8.94. The van der Waals surface area contributed by atoms with E-state index < -0.39 is 48.3 Å². The van der Waals surface area contributed by atoms with Crippen LogP contribution in [0.1, 0.15) is 44.9 Å². The Labute approximate surface area is 158 Å². The number of aliphatic carboxylic acids is 2. The standard InChI is InChI=1S/C16H31N5O6/c17-7-3-1-5-10(19)14(24)20-11(6-2-4-8-18)15(25)21-12(16(26)27)9-13(22)23/h10-12H,1-9,17-19H2,(H,20,24)(H,21,25)(H,22,23)(H,26,27). The van der Waals surface area contributed by atoms with Gasteiger partial charge in [-0.3, -0.25) is 14.4 Å². The average Bonchev–Trinajstić information content (AvgIpc) is 2.59. The van der Waals surface area contributed by atoms with Crippen molar-refractivity contribution in [2.45, 2.75) is 63.1 Å². The Morgan fingerprint density at radius 1 is 0.778 bits per heavy atom. The molecule has 0 bridgehead atoms. The molecule has 0 aromatic heterocycles. The Hall–Kier alpha value is -2.24. The number of rotatable bonds is 15. The van der Waals surface area contributed by atoms with Crippen LogP contribution in [0.15, 0.2) is 0 Å². The Kier molecular flexibility index (Phi) is 12.7. The molecule has 11 heteroatoms. The first-order valence-electron chi connectivity index (χ1n) is 8.94. The fourth-order valence-electron chi connectivity index (χ4n) is 2.33. The summed E-state index contributed by atoms with van der Waals surface area (Å²) in [5.74, 6) is -4.15. The SMILES string of the molecule is NCCCCC(N)C(=O)NC(CCCCN)C(=O)NC(CC(=O)O)C(=O)O. The lowest BCUT2D eigenvalue weighted by atomic mass is 10.1. The molecule has 0 spiro atoms. The van der Waals surface area contributed by atoms with Gasteiger partial charge in [-0.15, -0.1) is 0 Å². The number of carbonyl (C=O) groups is 4. The minimum absolute atomic E-state index is 0.226. The van der Waals surface area contributed by atoms with Crippen LogP contribution in [0.5, 0.6) is 0 Å². The summed E-state index contributed by atoms with van der Waals surface area (Å²) in [7, 11) is 0. The van der Waals surface area contributed by atoms with Gasteiger partial charge in [0.1, 0.15) is 12.1 Å². The Bertz CT molecular complexity index is 502. The molecule has 27 heavy (non-hydrogen) atoms. The molecular formula is C16H31N5O6. The maximum atomic E-state index is 12.4. The molecule has 0 aromatic carbocycles. The van der Waals surface area contributed by atoms with Gasteiger partial charge >= 0.3 is 11.9 Å².